The van der Waals surface area contributed by atoms with Crippen molar-refractivity contribution >= 4 is 19.8 Å². The zero-order valence-corrected chi connectivity index (χ0v) is 8.30. The van der Waals surface area contributed by atoms with Crippen LogP contribution in [0.15, 0.2) is 0 Å². The molecule has 0 bridgehead atoms. The van der Waals surface area contributed by atoms with Crippen LogP contribution in [0.1, 0.15) is 0 Å². The topological polar surface area (TPSA) is 0 Å². The summed E-state index contributed by atoms with van der Waals surface area (Å²) in [7, 11) is -0.819. The van der Waals surface area contributed by atoms with Gasteiger partial charge in [0.25, 0.3) is 0 Å². The van der Waals surface area contributed by atoms with E-state index < -0.39 is 8.07 Å². The Labute approximate surface area is 70.0 Å². The van der Waals surface area contributed by atoms with Crippen molar-refractivity contribution < 1.29 is 18.9 Å². The molecule has 0 aliphatic rings. The van der Waals surface area contributed by atoms with E-state index in [0.29, 0.717) is 0 Å². The largest absolute Gasteiger partial charge is 1.00 e. The first kappa shape index (κ1) is 11.9. The Kier molecular flexibility index (Phi) is 7.42. The number of hydrogen-bond donors (Lipinski definition) is 0. The molecule has 0 N–H and O–H groups in total. The summed E-state index contributed by atoms with van der Waals surface area (Å²) in [6.07, 6.45) is 2.12. The van der Waals surface area contributed by atoms with E-state index in [2.05, 4.69) is 31.3 Å². The first-order valence-electron chi connectivity index (χ1n) is 2.43. The van der Waals surface area contributed by atoms with Gasteiger partial charge in [0, 0.05) is 0 Å². The summed E-state index contributed by atoms with van der Waals surface area (Å²) in [5.74, 6) is 0. The predicted molar refractivity (Wildman–Crippen MR) is 41.2 cm³/mol. The van der Waals surface area contributed by atoms with Crippen molar-refractivity contribution in [3.05, 3.63) is 5.38 Å². The zero-order valence-electron chi connectivity index (χ0n) is 6.49. The molecule has 0 amide bonds. The summed E-state index contributed by atoms with van der Waals surface area (Å²) in [6, 6.07) is 0. The van der Waals surface area contributed by atoms with Crippen molar-refractivity contribution in [2.75, 3.05) is 6.26 Å². The Morgan fingerprint density at radius 2 is 1.62 bits per heavy atom. The van der Waals surface area contributed by atoms with E-state index in [0.717, 1.165) is 0 Å². The Balaban J connectivity index is 0. The van der Waals surface area contributed by atoms with Crippen LogP contribution in [0.25, 0.3) is 0 Å². The molecule has 0 saturated heterocycles. The summed E-state index contributed by atoms with van der Waals surface area (Å²) in [5.41, 5.74) is 0. The third kappa shape index (κ3) is 10.2. The van der Waals surface area contributed by atoms with E-state index in [1.165, 1.54) is 0 Å². The van der Waals surface area contributed by atoms with Crippen molar-refractivity contribution in [1.82, 2.24) is 0 Å². The van der Waals surface area contributed by atoms with E-state index in [1.54, 1.807) is 0 Å². The van der Waals surface area contributed by atoms with Crippen molar-refractivity contribution in [2.45, 2.75) is 19.6 Å². The minimum absolute atomic E-state index is 0. The van der Waals surface area contributed by atoms with Crippen LogP contribution in [-0.2, 0) is 0 Å². The molecule has 8 heavy (non-hydrogen) atoms. The van der Waals surface area contributed by atoms with Crippen LogP contribution < -0.4 is 18.9 Å². The molecule has 0 atom stereocenters. The maximum absolute atomic E-state index is 2.37. The van der Waals surface area contributed by atoms with Gasteiger partial charge in [0.15, 0.2) is 0 Å². The molecule has 0 aliphatic carbocycles. The molecular formula is C5H13LiSSi. The van der Waals surface area contributed by atoms with E-state index >= 15 is 0 Å². The minimum Gasteiger partial charge on any atom is -0.356 e. The fraction of sp³-hybridized carbons (Fsp3) is 0.800. The summed E-state index contributed by atoms with van der Waals surface area (Å²) in [6.45, 7) is 7.01. The standard InChI is InChI=1S/C5H13SSi.Li/c1-6-5-7(2,3)4;/h5H,1-4H3;/q-1;+1. The van der Waals surface area contributed by atoms with E-state index in [1.807, 2.05) is 11.8 Å². The average Bonchev–Trinajstić information content (AvgIpc) is 1.30. The molecule has 0 saturated carbocycles. The van der Waals surface area contributed by atoms with Gasteiger partial charge in [-0.15, -0.1) is 0 Å². The molecule has 0 aliphatic heterocycles. The summed E-state index contributed by atoms with van der Waals surface area (Å²) >= 11 is 1.85. The minimum atomic E-state index is -0.819. The molecule has 0 spiro atoms. The SMILES string of the molecule is CS[CH-][Si](C)(C)C.[Li+]. The number of hydrogen-bond acceptors (Lipinski definition) is 1. The molecular weight excluding hydrogens is 127 g/mol. The van der Waals surface area contributed by atoms with Gasteiger partial charge in [0.1, 0.15) is 0 Å². The molecule has 0 aromatic carbocycles. The molecule has 0 nitrogen and oxygen atoms in total. The summed E-state index contributed by atoms with van der Waals surface area (Å²) in [4.78, 5) is 0. The first-order chi connectivity index (χ1) is 3.06. The first-order valence-corrected chi connectivity index (χ1v) is 7.30. The molecule has 0 aromatic rings. The van der Waals surface area contributed by atoms with Crippen molar-refractivity contribution in [1.29, 1.82) is 0 Å². The van der Waals surface area contributed by atoms with E-state index in [4.69, 9.17) is 0 Å². The van der Waals surface area contributed by atoms with Gasteiger partial charge in [-0.05, 0) is 6.26 Å². The Morgan fingerprint density at radius 1 is 1.25 bits per heavy atom. The molecule has 0 aromatic heterocycles. The van der Waals surface area contributed by atoms with Gasteiger partial charge in [-0.3, -0.25) is 5.38 Å². The normalized spacial score (nSPS) is 10.5. The van der Waals surface area contributed by atoms with Crippen LogP contribution in [0, 0.1) is 5.38 Å². The number of thioether (sulfide) groups is 1. The second-order valence-corrected chi connectivity index (χ2v) is 8.87. The molecule has 0 rings (SSSR count). The fourth-order valence-corrected chi connectivity index (χ4v) is 3.18. The van der Waals surface area contributed by atoms with E-state index in [9.17, 15) is 0 Å². The summed E-state index contributed by atoms with van der Waals surface area (Å²) < 4.78 is 0. The zero-order chi connectivity index (χ0) is 5.91. The second kappa shape index (κ2) is 4.99. The number of rotatable bonds is 2. The second-order valence-electron chi connectivity index (χ2n) is 2.72. The smallest absolute Gasteiger partial charge is 0.356 e. The Bertz CT molecular complexity index is 50.9. The predicted octanol–water partition coefficient (Wildman–Crippen LogP) is -0.607. The van der Waals surface area contributed by atoms with Crippen LogP contribution in [0.4, 0.5) is 0 Å². The quantitative estimate of drug-likeness (QED) is 0.364. The van der Waals surface area contributed by atoms with Gasteiger partial charge < -0.3 is 11.8 Å². The van der Waals surface area contributed by atoms with Crippen LogP contribution in [0.2, 0.25) is 19.6 Å². The van der Waals surface area contributed by atoms with Crippen molar-refractivity contribution in [3.8, 4) is 0 Å². The fourth-order valence-electron chi connectivity index (χ4n) is 0.354. The summed E-state index contributed by atoms with van der Waals surface area (Å²) in [5, 5.41) is 2.37. The van der Waals surface area contributed by atoms with Gasteiger partial charge in [-0.25, -0.2) is 0 Å². The van der Waals surface area contributed by atoms with Gasteiger partial charge in [-0.2, -0.15) is 0 Å². The maximum atomic E-state index is 2.37. The average molecular weight is 140 g/mol. The Hall–Kier alpha value is 1.16. The molecule has 3 heteroatoms. The monoisotopic (exact) mass is 140 g/mol. The van der Waals surface area contributed by atoms with Crippen molar-refractivity contribution in [2.24, 2.45) is 0 Å². The maximum Gasteiger partial charge on any atom is 1.00 e. The molecule has 44 valence electrons. The Morgan fingerprint density at radius 3 is 1.62 bits per heavy atom. The van der Waals surface area contributed by atoms with E-state index in [-0.39, 0.29) is 18.9 Å². The van der Waals surface area contributed by atoms with Crippen LogP contribution in [-0.4, -0.2) is 14.3 Å². The van der Waals surface area contributed by atoms with Gasteiger partial charge in [0.05, 0.1) is 0 Å². The molecule has 0 unspecified atom stereocenters. The van der Waals surface area contributed by atoms with Crippen molar-refractivity contribution in [3.63, 3.8) is 0 Å². The van der Waals surface area contributed by atoms with Gasteiger partial charge in [0.2, 0.25) is 0 Å². The van der Waals surface area contributed by atoms with Gasteiger partial charge >= 0.3 is 18.9 Å². The van der Waals surface area contributed by atoms with Crippen LogP contribution in [0.3, 0.4) is 0 Å². The van der Waals surface area contributed by atoms with Crippen LogP contribution >= 0.6 is 11.8 Å². The van der Waals surface area contributed by atoms with Crippen LogP contribution in [0.5, 0.6) is 0 Å². The molecule has 0 fully saturated rings. The third-order valence-corrected chi connectivity index (χ3v) is 4.24. The van der Waals surface area contributed by atoms with Gasteiger partial charge in [-0.1, -0.05) is 27.7 Å². The third-order valence-electron chi connectivity index (χ3n) is 0.471. The molecule has 0 heterocycles. The molecule has 0 radical (unpaired) electrons.